The van der Waals surface area contributed by atoms with Gasteiger partial charge < -0.3 is 15.4 Å². The summed E-state index contributed by atoms with van der Waals surface area (Å²) in [6.07, 6.45) is 2.24. The van der Waals surface area contributed by atoms with Crippen molar-refractivity contribution in [1.29, 1.82) is 0 Å². The number of ketones is 1. The fraction of sp³-hybridized carbons (Fsp3) is 0.333. The molecule has 3 atom stereocenters. The van der Waals surface area contributed by atoms with E-state index in [0.717, 1.165) is 13.0 Å². The van der Waals surface area contributed by atoms with Crippen LogP contribution in [0, 0.1) is 5.92 Å². The third-order valence-electron chi connectivity index (χ3n) is 5.26. The van der Waals surface area contributed by atoms with Crippen LogP contribution in [0.3, 0.4) is 0 Å². The Labute approximate surface area is 152 Å². The normalized spacial score (nSPS) is 23.7. The van der Waals surface area contributed by atoms with E-state index >= 15 is 0 Å². The van der Waals surface area contributed by atoms with Gasteiger partial charge in [0, 0.05) is 23.2 Å². The van der Waals surface area contributed by atoms with Crippen LogP contribution in [0.5, 0.6) is 11.5 Å². The van der Waals surface area contributed by atoms with Crippen LogP contribution in [0.1, 0.15) is 40.5 Å². The van der Waals surface area contributed by atoms with Gasteiger partial charge in [-0.2, -0.15) is 0 Å². The van der Waals surface area contributed by atoms with E-state index in [-0.39, 0.29) is 17.7 Å². The van der Waals surface area contributed by atoms with Crippen LogP contribution in [0.15, 0.2) is 48.5 Å². The predicted octanol–water partition coefficient (Wildman–Crippen LogP) is 3.16. The number of rotatable bonds is 5. The highest BCUT2D eigenvalue weighted by Crippen LogP contribution is 2.31. The number of carbonyl (C=O) groups is 2. The van der Waals surface area contributed by atoms with Gasteiger partial charge in [-0.1, -0.05) is 0 Å². The number of carbonyl (C=O) groups excluding carboxylic acids is 2. The Morgan fingerprint density at radius 1 is 0.962 bits per heavy atom. The molecule has 2 aromatic rings. The molecule has 1 aliphatic heterocycles. The molecule has 5 heteroatoms. The number of piperidine rings is 1. The van der Waals surface area contributed by atoms with Gasteiger partial charge >= 0.3 is 0 Å². The molecule has 3 unspecified atom stereocenters. The standard InChI is InChI=1S/C21H22N2O3/c1-13(24)15-2-6-17(7-3-15)26-18-8-4-16(5-9-18)21(25)23-20-11-14-10-19(20)22-12-14/h2-9,14,19-20,22H,10-12H2,1H3,(H,23,25). The fourth-order valence-electron chi connectivity index (χ4n) is 3.83. The second-order valence-electron chi connectivity index (χ2n) is 7.14. The van der Waals surface area contributed by atoms with Crippen molar-refractivity contribution < 1.29 is 14.3 Å². The van der Waals surface area contributed by atoms with Gasteiger partial charge in [-0.25, -0.2) is 0 Å². The molecule has 1 saturated heterocycles. The molecule has 0 spiro atoms. The fourth-order valence-corrected chi connectivity index (χ4v) is 3.83. The number of benzene rings is 2. The minimum absolute atomic E-state index is 0.0256. The Bertz CT molecular complexity index is 814. The average molecular weight is 350 g/mol. The third-order valence-corrected chi connectivity index (χ3v) is 5.26. The van der Waals surface area contributed by atoms with E-state index < -0.39 is 0 Å². The van der Waals surface area contributed by atoms with E-state index in [1.54, 1.807) is 48.5 Å². The zero-order valence-electron chi connectivity index (χ0n) is 14.7. The van der Waals surface area contributed by atoms with Crippen LogP contribution >= 0.6 is 0 Å². The van der Waals surface area contributed by atoms with Crippen LogP contribution in [-0.4, -0.2) is 30.3 Å². The Morgan fingerprint density at radius 3 is 2.08 bits per heavy atom. The number of hydrogen-bond acceptors (Lipinski definition) is 4. The number of Topliss-reactive ketones (excluding diaryl/α,β-unsaturated/α-hetero) is 1. The number of ether oxygens (including phenoxy) is 1. The smallest absolute Gasteiger partial charge is 0.251 e. The van der Waals surface area contributed by atoms with Gasteiger partial charge in [-0.05, 0) is 80.8 Å². The van der Waals surface area contributed by atoms with Crippen molar-refractivity contribution in [3.8, 4) is 11.5 Å². The minimum atomic E-state index is -0.0401. The number of hydrogen-bond donors (Lipinski definition) is 2. The summed E-state index contributed by atoms with van der Waals surface area (Å²) in [6, 6.07) is 14.8. The molecule has 2 bridgehead atoms. The summed E-state index contributed by atoms with van der Waals surface area (Å²) in [5.41, 5.74) is 1.28. The SMILES string of the molecule is CC(=O)c1ccc(Oc2ccc(C(=O)NC3CC4CNC3C4)cc2)cc1. The molecule has 5 nitrogen and oxygen atoms in total. The van der Waals surface area contributed by atoms with Gasteiger partial charge in [0.05, 0.1) is 0 Å². The maximum Gasteiger partial charge on any atom is 0.251 e. The Kier molecular flexibility index (Phi) is 4.47. The Hall–Kier alpha value is -2.66. The molecule has 2 aliphatic rings. The molecule has 26 heavy (non-hydrogen) atoms. The topological polar surface area (TPSA) is 67.4 Å². The molecule has 134 valence electrons. The van der Waals surface area contributed by atoms with Crippen molar-refractivity contribution >= 4 is 11.7 Å². The molecular formula is C21H22N2O3. The highest BCUT2D eigenvalue weighted by molar-refractivity contribution is 5.95. The Morgan fingerprint density at radius 2 is 1.58 bits per heavy atom. The lowest BCUT2D eigenvalue weighted by Gasteiger charge is -2.24. The summed E-state index contributed by atoms with van der Waals surface area (Å²) in [5.74, 6) is 1.99. The Balaban J connectivity index is 1.37. The zero-order valence-corrected chi connectivity index (χ0v) is 14.7. The molecule has 1 amide bonds. The zero-order chi connectivity index (χ0) is 18.1. The monoisotopic (exact) mass is 350 g/mol. The highest BCUT2D eigenvalue weighted by Gasteiger charge is 2.39. The van der Waals surface area contributed by atoms with Gasteiger partial charge in [0.15, 0.2) is 5.78 Å². The van der Waals surface area contributed by atoms with E-state index in [1.807, 2.05) is 0 Å². The maximum absolute atomic E-state index is 12.4. The van der Waals surface area contributed by atoms with Crippen molar-refractivity contribution in [2.24, 2.45) is 5.92 Å². The lowest BCUT2D eigenvalue weighted by Crippen LogP contribution is -2.47. The summed E-state index contributed by atoms with van der Waals surface area (Å²) in [6.45, 7) is 2.61. The lowest BCUT2D eigenvalue weighted by molar-refractivity contribution is 0.0927. The largest absolute Gasteiger partial charge is 0.457 e. The first-order valence-corrected chi connectivity index (χ1v) is 9.01. The molecule has 2 N–H and O–H groups in total. The molecule has 0 radical (unpaired) electrons. The first-order chi connectivity index (χ1) is 12.6. The van der Waals surface area contributed by atoms with E-state index in [4.69, 9.17) is 4.74 Å². The quantitative estimate of drug-likeness (QED) is 0.813. The molecule has 1 saturated carbocycles. The molecular weight excluding hydrogens is 328 g/mol. The summed E-state index contributed by atoms with van der Waals surface area (Å²) >= 11 is 0. The van der Waals surface area contributed by atoms with Crippen molar-refractivity contribution in [3.05, 3.63) is 59.7 Å². The first kappa shape index (κ1) is 16.8. The van der Waals surface area contributed by atoms with Crippen molar-refractivity contribution in [1.82, 2.24) is 10.6 Å². The van der Waals surface area contributed by atoms with Crippen LogP contribution in [-0.2, 0) is 0 Å². The summed E-state index contributed by atoms with van der Waals surface area (Å²) < 4.78 is 5.77. The van der Waals surface area contributed by atoms with Crippen molar-refractivity contribution in [3.63, 3.8) is 0 Å². The molecule has 2 fully saturated rings. The second kappa shape index (κ2) is 6.92. The molecule has 2 aromatic carbocycles. The predicted molar refractivity (Wildman–Crippen MR) is 98.7 cm³/mol. The summed E-state index contributed by atoms with van der Waals surface area (Å²) in [5, 5.41) is 6.59. The third kappa shape index (κ3) is 3.48. The van der Waals surface area contributed by atoms with Gasteiger partial charge in [0.25, 0.3) is 5.91 Å². The molecule has 4 rings (SSSR count). The summed E-state index contributed by atoms with van der Waals surface area (Å²) in [4.78, 5) is 23.7. The van der Waals surface area contributed by atoms with Gasteiger partial charge in [-0.15, -0.1) is 0 Å². The number of fused-ring (bicyclic) bond motifs is 2. The van der Waals surface area contributed by atoms with Gasteiger partial charge in [0.2, 0.25) is 0 Å². The van der Waals surface area contributed by atoms with Crippen molar-refractivity contribution in [2.75, 3.05) is 6.54 Å². The van der Waals surface area contributed by atoms with E-state index in [2.05, 4.69) is 10.6 Å². The summed E-state index contributed by atoms with van der Waals surface area (Å²) in [7, 11) is 0. The van der Waals surface area contributed by atoms with Crippen LogP contribution in [0.4, 0.5) is 0 Å². The first-order valence-electron chi connectivity index (χ1n) is 9.01. The number of nitrogens with one attached hydrogen (secondary N) is 2. The average Bonchev–Trinajstić information content (AvgIpc) is 3.26. The molecule has 1 aliphatic carbocycles. The van der Waals surface area contributed by atoms with Crippen LogP contribution < -0.4 is 15.4 Å². The second-order valence-corrected chi connectivity index (χ2v) is 7.14. The van der Waals surface area contributed by atoms with E-state index in [0.29, 0.717) is 34.6 Å². The molecule has 0 aromatic heterocycles. The number of amides is 1. The van der Waals surface area contributed by atoms with E-state index in [9.17, 15) is 9.59 Å². The van der Waals surface area contributed by atoms with Crippen LogP contribution in [0.2, 0.25) is 0 Å². The van der Waals surface area contributed by atoms with Crippen molar-refractivity contribution in [2.45, 2.75) is 31.8 Å². The van der Waals surface area contributed by atoms with Crippen LogP contribution in [0.25, 0.3) is 0 Å². The van der Waals surface area contributed by atoms with Gasteiger partial charge in [0.1, 0.15) is 11.5 Å². The lowest BCUT2D eigenvalue weighted by atomic mass is 10.1. The van der Waals surface area contributed by atoms with E-state index in [1.165, 1.54) is 13.3 Å². The minimum Gasteiger partial charge on any atom is -0.457 e. The van der Waals surface area contributed by atoms with Gasteiger partial charge in [-0.3, -0.25) is 9.59 Å². The maximum atomic E-state index is 12.4. The molecule has 1 heterocycles. The highest BCUT2D eigenvalue weighted by atomic mass is 16.5.